The zero-order valence-electron chi connectivity index (χ0n) is 13.9. The molecule has 0 saturated carbocycles. The summed E-state index contributed by atoms with van der Waals surface area (Å²) in [6.07, 6.45) is 8.94. The smallest absolute Gasteiger partial charge is 0.118 e. The molecule has 122 valence electrons. The van der Waals surface area contributed by atoms with Gasteiger partial charge in [0.05, 0.1) is 7.11 Å². The van der Waals surface area contributed by atoms with Crippen LogP contribution in [0, 0.1) is 5.92 Å². The van der Waals surface area contributed by atoms with E-state index in [1.807, 2.05) is 18.5 Å². The molecule has 3 nitrogen and oxygen atoms in total. The topological polar surface area (TPSA) is 25.4 Å². The first-order chi connectivity index (χ1) is 11.3. The molecular weight excluding hydrogens is 284 g/mol. The van der Waals surface area contributed by atoms with E-state index in [0.717, 1.165) is 24.6 Å². The molecule has 2 aromatic rings. The molecule has 0 amide bonds. The SMILES string of the molecule is COc1ccc(CCC2CCCN(Cc3cccnc3)C2)cc1. The maximum atomic E-state index is 5.22. The van der Waals surface area contributed by atoms with Crippen LogP contribution >= 0.6 is 0 Å². The molecule has 3 heteroatoms. The van der Waals surface area contributed by atoms with Gasteiger partial charge in [-0.2, -0.15) is 0 Å². The number of pyridine rings is 1. The lowest BCUT2D eigenvalue weighted by molar-refractivity contribution is 0.161. The van der Waals surface area contributed by atoms with E-state index in [1.54, 1.807) is 7.11 Å². The third-order valence-electron chi connectivity index (χ3n) is 4.73. The van der Waals surface area contributed by atoms with Crippen LogP contribution in [-0.4, -0.2) is 30.1 Å². The highest BCUT2D eigenvalue weighted by Crippen LogP contribution is 2.23. The number of hydrogen-bond donors (Lipinski definition) is 0. The Hall–Kier alpha value is -1.87. The van der Waals surface area contributed by atoms with Gasteiger partial charge in [0.25, 0.3) is 0 Å². The number of rotatable bonds is 6. The second-order valence-electron chi connectivity index (χ2n) is 6.49. The van der Waals surface area contributed by atoms with Crippen LogP contribution in [0.25, 0.3) is 0 Å². The van der Waals surface area contributed by atoms with E-state index in [-0.39, 0.29) is 0 Å². The number of hydrogen-bond acceptors (Lipinski definition) is 3. The Morgan fingerprint density at radius 1 is 1.17 bits per heavy atom. The quantitative estimate of drug-likeness (QED) is 0.808. The summed E-state index contributed by atoms with van der Waals surface area (Å²) >= 11 is 0. The second kappa shape index (κ2) is 8.11. The number of methoxy groups -OCH3 is 1. The summed E-state index contributed by atoms with van der Waals surface area (Å²) in [5.41, 5.74) is 2.73. The van der Waals surface area contributed by atoms with Gasteiger partial charge in [0.1, 0.15) is 5.75 Å². The summed E-state index contributed by atoms with van der Waals surface area (Å²) in [6, 6.07) is 12.7. The molecule has 1 atom stereocenters. The van der Waals surface area contributed by atoms with Gasteiger partial charge in [-0.05, 0) is 67.5 Å². The maximum absolute atomic E-state index is 5.22. The van der Waals surface area contributed by atoms with Crippen LogP contribution in [0.1, 0.15) is 30.4 Å². The van der Waals surface area contributed by atoms with Crippen molar-refractivity contribution in [2.45, 2.75) is 32.2 Å². The van der Waals surface area contributed by atoms with E-state index in [4.69, 9.17) is 4.74 Å². The van der Waals surface area contributed by atoms with Gasteiger partial charge in [0, 0.05) is 25.5 Å². The van der Waals surface area contributed by atoms with Crippen molar-refractivity contribution >= 4 is 0 Å². The van der Waals surface area contributed by atoms with E-state index in [0.29, 0.717) is 0 Å². The number of aromatic nitrogens is 1. The van der Waals surface area contributed by atoms with E-state index >= 15 is 0 Å². The van der Waals surface area contributed by atoms with E-state index < -0.39 is 0 Å². The van der Waals surface area contributed by atoms with Crippen molar-refractivity contribution in [3.63, 3.8) is 0 Å². The van der Waals surface area contributed by atoms with Gasteiger partial charge >= 0.3 is 0 Å². The molecule has 2 heterocycles. The third-order valence-corrected chi connectivity index (χ3v) is 4.73. The highest BCUT2D eigenvalue weighted by atomic mass is 16.5. The van der Waals surface area contributed by atoms with Crippen molar-refractivity contribution < 1.29 is 4.74 Å². The predicted molar refractivity (Wildman–Crippen MR) is 93.6 cm³/mol. The minimum absolute atomic E-state index is 0.808. The molecule has 3 rings (SSSR count). The fraction of sp³-hybridized carbons (Fsp3) is 0.450. The summed E-state index contributed by atoms with van der Waals surface area (Å²) in [7, 11) is 1.72. The Bertz CT molecular complexity index is 582. The average molecular weight is 310 g/mol. The fourth-order valence-corrected chi connectivity index (χ4v) is 3.44. The number of aryl methyl sites for hydroxylation is 1. The van der Waals surface area contributed by atoms with Crippen LogP contribution in [0.15, 0.2) is 48.8 Å². The van der Waals surface area contributed by atoms with Gasteiger partial charge in [0.15, 0.2) is 0 Å². The van der Waals surface area contributed by atoms with Gasteiger partial charge in [0.2, 0.25) is 0 Å². The number of likely N-dealkylation sites (tertiary alicyclic amines) is 1. The molecule has 1 fully saturated rings. The molecule has 0 spiro atoms. The van der Waals surface area contributed by atoms with E-state index in [9.17, 15) is 0 Å². The fourth-order valence-electron chi connectivity index (χ4n) is 3.44. The van der Waals surface area contributed by atoms with Crippen LogP contribution in [0.2, 0.25) is 0 Å². The molecule has 0 aliphatic carbocycles. The highest BCUT2D eigenvalue weighted by molar-refractivity contribution is 5.27. The Balaban J connectivity index is 1.48. The summed E-state index contributed by atoms with van der Waals surface area (Å²) in [5.74, 6) is 1.75. The summed E-state index contributed by atoms with van der Waals surface area (Å²) in [6.45, 7) is 3.46. The standard InChI is InChI=1S/C20H26N2O/c1-23-20-10-8-17(9-11-20)6-7-18-5-3-13-22(15-18)16-19-4-2-12-21-14-19/h2,4,8-12,14,18H,3,5-7,13,15-16H2,1H3. The maximum Gasteiger partial charge on any atom is 0.118 e. The average Bonchev–Trinajstić information content (AvgIpc) is 2.62. The molecule has 1 aliphatic rings. The Kier molecular flexibility index (Phi) is 5.65. The molecule has 0 N–H and O–H groups in total. The Labute approximate surface area is 139 Å². The first kappa shape index (κ1) is 16.0. The Morgan fingerprint density at radius 3 is 2.78 bits per heavy atom. The van der Waals surface area contributed by atoms with Crippen molar-refractivity contribution in [3.8, 4) is 5.75 Å². The normalized spacial score (nSPS) is 18.7. The number of benzene rings is 1. The minimum atomic E-state index is 0.808. The van der Waals surface area contributed by atoms with E-state index in [2.05, 4.69) is 40.2 Å². The summed E-state index contributed by atoms with van der Waals surface area (Å²) in [5, 5.41) is 0. The van der Waals surface area contributed by atoms with Gasteiger partial charge < -0.3 is 4.74 Å². The van der Waals surface area contributed by atoms with Crippen LogP contribution in [0.4, 0.5) is 0 Å². The molecule has 1 unspecified atom stereocenters. The van der Waals surface area contributed by atoms with Crippen molar-refractivity contribution in [2.24, 2.45) is 5.92 Å². The number of nitrogens with zero attached hydrogens (tertiary/aromatic N) is 2. The largest absolute Gasteiger partial charge is 0.497 e. The molecule has 1 aromatic carbocycles. The number of piperidine rings is 1. The molecule has 1 aromatic heterocycles. The zero-order chi connectivity index (χ0) is 15.9. The molecule has 1 aliphatic heterocycles. The van der Waals surface area contributed by atoms with Gasteiger partial charge in [-0.1, -0.05) is 18.2 Å². The van der Waals surface area contributed by atoms with Crippen LogP contribution in [0.5, 0.6) is 5.75 Å². The van der Waals surface area contributed by atoms with Crippen molar-refractivity contribution in [2.75, 3.05) is 20.2 Å². The van der Waals surface area contributed by atoms with Gasteiger partial charge in [-0.3, -0.25) is 9.88 Å². The number of ether oxygens (including phenoxy) is 1. The van der Waals surface area contributed by atoms with Crippen molar-refractivity contribution in [3.05, 3.63) is 59.9 Å². The first-order valence-electron chi connectivity index (χ1n) is 8.57. The molecule has 23 heavy (non-hydrogen) atoms. The lowest BCUT2D eigenvalue weighted by Gasteiger charge is -2.32. The molecule has 1 saturated heterocycles. The summed E-state index contributed by atoms with van der Waals surface area (Å²) < 4.78 is 5.22. The third kappa shape index (κ3) is 4.80. The highest BCUT2D eigenvalue weighted by Gasteiger charge is 2.19. The predicted octanol–water partition coefficient (Wildman–Crippen LogP) is 3.94. The molecular formula is C20H26N2O. The monoisotopic (exact) mass is 310 g/mol. The van der Waals surface area contributed by atoms with Crippen LogP contribution in [0.3, 0.4) is 0 Å². The molecule has 0 bridgehead atoms. The minimum Gasteiger partial charge on any atom is -0.497 e. The van der Waals surface area contributed by atoms with Crippen LogP contribution < -0.4 is 4.74 Å². The van der Waals surface area contributed by atoms with Gasteiger partial charge in [-0.15, -0.1) is 0 Å². The summed E-state index contributed by atoms with van der Waals surface area (Å²) in [4.78, 5) is 6.80. The second-order valence-corrected chi connectivity index (χ2v) is 6.49. The van der Waals surface area contributed by atoms with Crippen molar-refractivity contribution in [1.29, 1.82) is 0 Å². The van der Waals surface area contributed by atoms with E-state index in [1.165, 1.54) is 43.5 Å². The van der Waals surface area contributed by atoms with Gasteiger partial charge in [-0.25, -0.2) is 0 Å². The molecule has 0 radical (unpaired) electrons. The zero-order valence-corrected chi connectivity index (χ0v) is 13.9. The lowest BCUT2D eigenvalue weighted by atomic mass is 9.91. The Morgan fingerprint density at radius 2 is 2.04 bits per heavy atom. The lowest BCUT2D eigenvalue weighted by Crippen LogP contribution is -2.35. The first-order valence-corrected chi connectivity index (χ1v) is 8.57. The van der Waals surface area contributed by atoms with Crippen molar-refractivity contribution in [1.82, 2.24) is 9.88 Å². The van der Waals surface area contributed by atoms with Crippen LogP contribution in [-0.2, 0) is 13.0 Å².